The van der Waals surface area contributed by atoms with Gasteiger partial charge in [-0.3, -0.25) is 9.69 Å². The molecule has 0 N–H and O–H groups in total. The first-order valence-corrected chi connectivity index (χ1v) is 8.22. The molecule has 0 unspecified atom stereocenters. The van der Waals surface area contributed by atoms with Crippen molar-refractivity contribution in [3.05, 3.63) is 64.4 Å². The summed E-state index contributed by atoms with van der Waals surface area (Å²) in [7, 11) is 1.92. The molecular formula is C18H21NO2S. The Morgan fingerprint density at radius 1 is 1.23 bits per heavy atom. The molecule has 1 heterocycles. The van der Waals surface area contributed by atoms with E-state index in [0.717, 1.165) is 0 Å². The van der Waals surface area contributed by atoms with Crippen molar-refractivity contribution in [2.75, 3.05) is 26.7 Å². The largest absolute Gasteiger partial charge is 0.465 e. The van der Waals surface area contributed by atoms with Crippen molar-refractivity contribution in [2.24, 2.45) is 0 Å². The molecule has 0 amide bonds. The van der Waals surface area contributed by atoms with Crippen molar-refractivity contribution in [3.8, 4) is 0 Å². The number of hydrogen-bond acceptors (Lipinski definition) is 4. The lowest BCUT2D eigenvalue weighted by atomic mass is 10.0. The first kappa shape index (κ1) is 16.5. The molecule has 4 heteroatoms. The fraction of sp³-hybridized carbons (Fsp3) is 0.278. The molecule has 0 aliphatic rings. The molecule has 3 nitrogen and oxygen atoms in total. The van der Waals surface area contributed by atoms with Gasteiger partial charge in [0.2, 0.25) is 0 Å². The standard InChI is InChI=1S/C18H21NO2S/c1-3-21-18(20)14-19(2)12-11-16(17-10-7-13-22-17)15-8-5-4-6-9-15/h4-11,13H,3,12,14H2,1-2H3/b16-11-. The maximum atomic E-state index is 11.5. The molecule has 0 fully saturated rings. The van der Waals surface area contributed by atoms with Crippen LogP contribution in [0.5, 0.6) is 0 Å². The number of esters is 1. The number of carbonyl (C=O) groups excluding carboxylic acids is 1. The third-order valence-corrected chi connectivity index (χ3v) is 4.09. The van der Waals surface area contributed by atoms with Gasteiger partial charge in [0.25, 0.3) is 0 Å². The van der Waals surface area contributed by atoms with E-state index in [1.54, 1.807) is 11.3 Å². The second kappa shape index (κ2) is 8.51. The molecule has 0 saturated heterocycles. The lowest BCUT2D eigenvalue weighted by molar-refractivity contribution is -0.143. The lowest BCUT2D eigenvalue weighted by Crippen LogP contribution is -2.27. The van der Waals surface area contributed by atoms with E-state index in [1.807, 2.05) is 37.1 Å². The number of hydrogen-bond donors (Lipinski definition) is 0. The SMILES string of the molecule is CCOC(=O)CN(C)C/C=C(/c1ccccc1)c1cccs1. The van der Waals surface area contributed by atoms with Crippen LogP contribution in [0.25, 0.3) is 5.57 Å². The molecule has 2 aromatic rings. The van der Waals surface area contributed by atoms with Gasteiger partial charge in [0, 0.05) is 11.4 Å². The first-order chi connectivity index (χ1) is 10.7. The van der Waals surface area contributed by atoms with Crippen LogP contribution in [-0.2, 0) is 9.53 Å². The van der Waals surface area contributed by atoms with Gasteiger partial charge in [-0.15, -0.1) is 11.3 Å². The molecule has 0 aliphatic carbocycles. The topological polar surface area (TPSA) is 29.5 Å². The molecule has 0 aliphatic heterocycles. The van der Waals surface area contributed by atoms with E-state index >= 15 is 0 Å². The number of thiophene rings is 1. The first-order valence-electron chi connectivity index (χ1n) is 7.34. The smallest absolute Gasteiger partial charge is 0.320 e. The zero-order valence-electron chi connectivity index (χ0n) is 13.0. The lowest BCUT2D eigenvalue weighted by Gasteiger charge is -2.14. The van der Waals surface area contributed by atoms with Crippen LogP contribution in [-0.4, -0.2) is 37.6 Å². The van der Waals surface area contributed by atoms with E-state index in [1.165, 1.54) is 16.0 Å². The fourth-order valence-corrected chi connectivity index (χ4v) is 2.94. The van der Waals surface area contributed by atoms with Crippen molar-refractivity contribution < 1.29 is 9.53 Å². The van der Waals surface area contributed by atoms with Gasteiger partial charge in [-0.05, 0) is 36.6 Å². The minimum Gasteiger partial charge on any atom is -0.465 e. The molecule has 0 atom stereocenters. The van der Waals surface area contributed by atoms with Crippen LogP contribution in [0.1, 0.15) is 17.4 Å². The van der Waals surface area contributed by atoms with Crippen molar-refractivity contribution >= 4 is 22.9 Å². The summed E-state index contributed by atoms with van der Waals surface area (Å²) in [5.41, 5.74) is 2.39. The van der Waals surface area contributed by atoms with Crippen LogP contribution in [0.3, 0.4) is 0 Å². The maximum absolute atomic E-state index is 11.5. The molecule has 1 aromatic heterocycles. The third-order valence-electron chi connectivity index (χ3n) is 3.18. The molecule has 116 valence electrons. The Bertz CT molecular complexity index is 605. The Morgan fingerprint density at radius 3 is 2.64 bits per heavy atom. The zero-order valence-corrected chi connectivity index (χ0v) is 13.8. The van der Waals surface area contributed by atoms with E-state index < -0.39 is 0 Å². The minimum absolute atomic E-state index is 0.184. The Kier molecular flexibility index (Phi) is 6.37. The van der Waals surface area contributed by atoms with E-state index in [-0.39, 0.29) is 5.97 Å². The number of nitrogens with zero attached hydrogens (tertiary/aromatic N) is 1. The highest BCUT2D eigenvalue weighted by Gasteiger charge is 2.09. The Hall–Kier alpha value is -1.91. The molecule has 1 aromatic carbocycles. The van der Waals surface area contributed by atoms with E-state index in [0.29, 0.717) is 19.7 Å². The maximum Gasteiger partial charge on any atom is 0.320 e. The molecular weight excluding hydrogens is 294 g/mol. The molecule has 0 bridgehead atoms. The van der Waals surface area contributed by atoms with Crippen LogP contribution in [0.15, 0.2) is 53.9 Å². The van der Waals surface area contributed by atoms with Gasteiger partial charge >= 0.3 is 5.97 Å². The number of carbonyl (C=O) groups is 1. The van der Waals surface area contributed by atoms with Gasteiger partial charge in [0.1, 0.15) is 0 Å². The van der Waals surface area contributed by atoms with Crippen molar-refractivity contribution in [1.29, 1.82) is 0 Å². The summed E-state index contributed by atoms with van der Waals surface area (Å²) in [6.07, 6.45) is 2.17. The number of benzene rings is 1. The highest BCUT2D eigenvalue weighted by Crippen LogP contribution is 2.26. The van der Waals surface area contributed by atoms with Crippen LogP contribution < -0.4 is 0 Å². The van der Waals surface area contributed by atoms with Gasteiger partial charge in [0.15, 0.2) is 0 Å². The summed E-state index contributed by atoms with van der Waals surface area (Å²) in [4.78, 5) is 14.7. The minimum atomic E-state index is -0.184. The number of ether oxygens (including phenoxy) is 1. The molecule has 2 rings (SSSR count). The summed E-state index contributed by atoms with van der Waals surface area (Å²) >= 11 is 1.72. The Morgan fingerprint density at radius 2 is 2.00 bits per heavy atom. The fourth-order valence-electron chi connectivity index (χ4n) is 2.15. The summed E-state index contributed by atoms with van der Waals surface area (Å²) in [5, 5.41) is 2.08. The average Bonchev–Trinajstić information content (AvgIpc) is 3.03. The predicted molar refractivity (Wildman–Crippen MR) is 92.0 cm³/mol. The summed E-state index contributed by atoms with van der Waals surface area (Å²) < 4.78 is 4.98. The zero-order chi connectivity index (χ0) is 15.8. The van der Waals surface area contributed by atoms with Gasteiger partial charge in [0.05, 0.1) is 13.2 Å². The normalized spacial score (nSPS) is 11.7. The molecule has 0 radical (unpaired) electrons. The Labute approximate surface area is 135 Å². The Balaban J connectivity index is 2.11. The van der Waals surface area contributed by atoms with Gasteiger partial charge < -0.3 is 4.74 Å². The average molecular weight is 315 g/mol. The van der Waals surface area contributed by atoms with Crippen LogP contribution in [0.4, 0.5) is 0 Å². The van der Waals surface area contributed by atoms with Crippen LogP contribution in [0, 0.1) is 0 Å². The second-order valence-corrected chi connectivity index (χ2v) is 5.91. The highest BCUT2D eigenvalue weighted by atomic mass is 32.1. The second-order valence-electron chi connectivity index (χ2n) is 4.96. The number of likely N-dealkylation sites (N-methyl/N-ethyl adjacent to an activating group) is 1. The summed E-state index contributed by atoms with van der Waals surface area (Å²) in [6.45, 7) is 3.24. The molecule has 0 saturated carbocycles. The van der Waals surface area contributed by atoms with E-state index in [9.17, 15) is 4.79 Å². The van der Waals surface area contributed by atoms with Crippen molar-refractivity contribution in [1.82, 2.24) is 4.90 Å². The molecule has 22 heavy (non-hydrogen) atoms. The van der Waals surface area contributed by atoms with Gasteiger partial charge in [-0.1, -0.05) is 42.5 Å². The number of rotatable bonds is 7. The monoisotopic (exact) mass is 315 g/mol. The highest BCUT2D eigenvalue weighted by molar-refractivity contribution is 7.11. The van der Waals surface area contributed by atoms with Gasteiger partial charge in [-0.25, -0.2) is 0 Å². The molecule has 0 spiro atoms. The quantitative estimate of drug-likeness (QED) is 0.730. The summed E-state index contributed by atoms with van der Waals surface area (Å²) in [6, 6.07) is 14.5. The third kappa shape index (κ3) is 4.83. The van der Waals surface area contributed by atoms with E-state index in [2.05, 4.69) is 35.7 Å². The predicted octanol–water partition coefficient (Wildman–Crippen LogP) is 3.67. The van der Waals surface area contributed by atoms with Crippen LogP contribution in [0.2, 0.25) is 0 Å². The van der Waals surface area contributed by atoms with Crippen molar-refractivity contribution in [2.45, 2.75) is 6.92 Å². The van der Waals surface area contributed by atoms with Gasteiger partial charge in [-0.2, -0.15) is 0 Å². The van der Waals surface area contributed by atoms with Crippen LogP contribution >= 0.6 is 11.3 Å². The summed E-state index contributed by atoms with van der Waals surface area (Å²) in [5.74, 6) is -0.184. The van der Waals surface area contributed by atoms with E-state index in [4.69, 9.17) is 4.74 Å². The van der Waals surface area contributed by atoms with Crippen molar-refractivity contribution in [3.63, 3.8) is 0 Å².